The Hall–Kier alpha value is -3.71. The van der Waals surface area contributed by atoms with Gasteiger partial charge in [-0.15, -0.1) is 0 Å². The molecule has 2 aromatic heterocycles. The summed E-state index contributed by atoms with van der Waals surface area (Å²) in [6.45, 7) is 8.23. The van der Waals surface area contributed by atoms with Gasteiger partial charge in [0.25, 0.3) is 0 Å². The number of rotatable bonds is 6. The third kappa shape index (κ3) is 4.35. The van der Waals surface area contributed by atoms with E-state index in [4.69, 9.17) is 4.74 Å². The first-order valence-corrected chi connectivity index (χ1v) is 12.9. The van der Waals surface area contributed by atoms with E-state index in [1.54, 1.807) is 0 Å². The van der Waals surface area contributed by atoms with Gasteiger partial charge in [-0.1, -0.05) is 24.6 Å². The Labute approximate surface area is 210 Å². The third-order valence-corrected chi connectivity index (χ3v) is 7.51. The molecule has 5 aromatic rings. The topological polar surface area (TPSA) is 82.7 Å². The van der Waals surface area contributed by atoms with Crippen LogP contribution in [0.1, 0.15) is 38.9 Å². The molecule has 6 rings (SSSR count). The first-order valence-electron chi connectivity index (χ1n) is 12.9. The molecule has 1 aliphatic heterocycles. The van der Waals surface area contributed by atoms with E-state index < -0.39 is 0 Å². The summed E-state index contributed by atoms with van der Waals surface area (Å²) in [7, 11) is 0. The molecule has 3 heterocycles. The molecule has 7 heteroatoms. The number of aryl methyl sites for hydroxylation is 1. The number of likely N-dealkylation sites (tertiary alicyclic amines) is 1. The number of aromatic nitrogens is 5. The number of benzene rings is 3. The van der Waals surface area contributed by atoms with Gasteiger partial charge in [-0.05, 0) is 80.8 Å². The molecule has 184 valence electrons. The second-order valence-corrected chi connectivity index (χ2v) is 10.0. The number of fused-ring (bicyclic) bond motifs is 2. The fourth-order valence-corrected chi connectivity index (χ4v) is 5.50. The number of aromatic amines is 2. The van der Waals surface area contributed by atoms with Gasteiger partial charge < -0.3 is 4.74 Å². The number of nitrogens with zero attached hydrogens (tertiary/aromatic N) is 4. The molecule has 1 saturated heterocycles. The lowest BCUT2D eigenvalue weighted by molar-refractivity contribution is 0.0852. The highest BCUT2D eigenvalue weighted by atomic mass is 16.5. The summed E-state index contributed by atoms with van der Waals surface area (Å²) in [6, 6.07) is 20.3. The Morgan fingerprint density at radius 2 is 1.67 bits per heavy atom. The van der Waals surface area contributed by atoms with E-state index in [2.05, 4.69) is 86.6 Å². The maximum atomic E-state index is 6.16. The zero-order valence-corrected chi connectivity index (χ0v) is 21.1. The number of hydrogen-bond donors (Lipinski definition) is 2. The summed E-state index contributed by atoms with van der Waals surface area (Å²) < 4.78 is 6.16. The standard InChI is InChI=1S/C29H32N6O/c1-18-5-4-6-19(2)35(18)13-14-36-25-11-9-21-15-23(8-7-22(21)16-25)28-26-17-24(10-12-27(26)32-33-28)29-30-20(3)31-34-29/h7-12,15-19H,4-6,13-14H2,1-3H3,(H,32,33)(H,30,31,34). The Balaban J connectivity index is 1.22. The monoisotopic (exact) mass is 480 g/mol. The van der Waals surface area contributed by atoms with Gasteiger partial charge in [0.1, 0.15) is 18.2 Å². The molecule has 0 saturated carbocycles. The van der Waals surface area contributed by atoms with Crippen LogP contribution >= 0.6 is 0 Å². The van der Waals surface area contributed by atoms with Crippen molar-refractivity contribution in [2.75, 3.05) is 13.2 Å². The lowest BCUT2D eigenvalue weighted by Gasteiger charge is -2.38. The van der Waals surface area contributed by atoms with Crippen LogP contribution in [0.25, 0.3) is 44.3 Å². The molecule has 0 aliphatic carbocycles. The molecule has 3 aromatic carbocycles. The van der Waals surface area contributed by atoms with Crippen LogP contribution in [0.5, 0.6) is 5.75 Å². The number of ether oxygens (including phenoxy) is 1. The summed E-state index contributed by atoms with van der Waals surface area (Å²) in [6.07, 6.45) is 3.91. The summed E-state index contributed by atoms with van der Waals surface area (Å²) in [4.78, 5) is 7.05. The maximum Gasteiger partial charge on any atom is 0.155 e. The summed E-state index contributed by atoms with van der Waals surface area (Å²) in [5.74, 6) is 2.41. The van der Waals surface area contributed by atoms with Crippen molar-refractivity contribution in [2.45, 2.75) is 52.1 Å². The van der Waals surface area contributed by atoms with Gasteiger partial charge in [0.05, 0.1) is 11.2 Å². The van der Waals surface area contributed by atoms with Gasteiger partial charge in [-0.25, -0.2) is 4.98 Å². The minimum Gasteiger partial charge on any atom is -0.492 e. The van der Waals surface area contributed by atoms with Crippen molar-refractivity contribution in [3.63, 3.8) is 0 Å². The van der Waals surface area contributed by atoms with Crippen molar-refractivity contribution in [3.8, 4) is 28.4 Å². The number of nitrogens with one attached hydrogen (secondary N) is 2. The lowest BCUT2D eigenvalue weighted by Crippen LogP contribution is -2.45. The molecule has 2 N–H and O–H groups in total. The normalized spacial score (nSPS) is 18.8. The molecular weight excluding hydrogens is 448 g/mol. The fourth-order valence-electron chi connectivity index (χ4n) is 5.50. The zero-order chi connectivity index (χ0) is 24.6. The molecule has 1 fully saturated rings. The van der Waals surface area contributed by atoms with E-state index in [9.17, 15) is 0 Å². The van der Waals surface area contributed by atoms with Crippen LogP contribution in [-0.4, -0.2) is 55.5 Å². The number of H-pyrrole nitrogens is 2. The summed E-state index contributed by atoms with van der Waals surface area (Å²) in [5.41, 5.74) is 3.98. The number of hydrogen-bond acceptors (Lipinski definition) is 5. The van der Waals surface area contributed by atoms with E-state index in [-0.39, 0.29) is 0 Å². The quantitative estimate of drug-likeness (QED) is 0.306. The van der Waals surface area contributed by atoms with Crippen LogP contribution in [0, 0.1) is 6.92 Å². The second-order valence-electron chi connectivity index (χ2n) is 10.0. The zero-order valence-electron chi connectivity index (χ0n) is 21.1. The van der Waals surface area contributed by atoms with Gasteiger partial charge in [0.2, 0.25) is 0 Å². The highest BCUT2D eigenvalue weighted by molar-refractivity contribution is 5.97. The second kappa shape index (κ2) is 9.39. The Kier molecular flexibility index (Phi) is 5.93. The highest BCUT2D eigenvalue weighted by Crippen LogP contribution is 2.32. The van der Waals surface area contributed by atoms with Gasteiger partial charge >= 0.3 is 0 Å². The van der Waals surface area contributed by atoms with Crippen LogP contribution in [0.4, 0.5) is 0 Å². The average molecular weight is 481 g/mol. The smallest absolute Gasteiger partial charge is 0.155 e. The molecule has 7 nitrogen and oxygen atoms in total. The number of piperidine rings is 1. The molecule has 1 aliphatic rings. The summed E-state index contributed by atoms with van der Waals surface area (Å²) in [5, 5.41) is 18.3. The molecule has 0 amide bonds. The van der Waals surface area contributed by atoms with Crippen molar-refractivity contribution in [2.24, 2.45) is 0 Å². The fraction of sp³-hybridized carbons (Fsp3) is 0.345. The minimum atomic E-state index is 0.640. The van der Waals surface area contributed by atoms with Gasteiger partial charge in [0.15, 0.2) is 5.82 Å². The van der Waals surface area contributed by atoms with Crippen molar-refractivity contribution in [1.82, 2.24) is 30.3 Å². The predicted molar refractivity (Wildman–Crippen MR) is 144 cm³/mol. The van der Waals surface area contributed by atoms with E-state index >= 15 is 0 Å². The van der Waals surface area contributed by atoms with Crippen molar-refractivity contribution in [1.29, 1.82) is 0 Å². The molecule has 2 atom stereocenters. The van der Waals surface area contributed by atoms with E-state index in [1.165, 1.54) is 19.3 Å². The van der Waals surface area contributed by atoms with Crippen LogP contribution in [0.2, 0.25) is 0 Å². The summed E-state index contributed by atoms with van der Waals surface area (Å²) >= 11 is 0. The Morgan fingerprint density at radius 1 is 0.889 bits per heavy atom. The van der Waals surface area contributed by atoms with E-state index in [0.29, 0.717) is 18.7 Å². The molecule has 2 unspecified atom stereocenters. The van der Waals surface area contributed by atoms with Crippen molar-refractivity contribution < 1.29 is 4.74 Å². The first-order chi connectivity index (χ1) is 17.5. The largest absolute Gasteiger partial charge is 0.492 e. The van der Waals surface area contributed by atoms with Crippen LogP contribution in [-0.2, 0) is 0 Å². The Morgan fingerprint density at radius 3 is 2.47 bits per heavy atom. The van der Waals surface area contributed by atoms with E-state index in [1.807, 2.05) is 19.1 Å². The average Bonchev–Trinajstić information content (AvgIpc) is 3.51. The minimum absolute atomic E-state index is 0.640. The molecular formula is C29H32N6O. The van der Waals surface area contributed by atoms with Gasteiger partial charge in [-0.2, -0.15) is 10.2 Å². The third-order valence-electron chi connectivity index (χ3n) is 7.51. The van der Waals surface area contributed by atoms with Gasteiger partial charge in [0, 0.05) is 35.1 Å². The maximum absolute atomic E-state index is 6.16. The lowest BCUT2D eigenvalue weighted by atomic mass is 9.98. The van der Waals surface area contributed by atoms with Crippen LogP contribution < -0.4 is 4.74 Å². The first kappa shape index (κ1) is 22.7. The molecule has 36 heavy (non-hydrogen) atoms. The Bertz CT molecular complexity index is 1510. The van der Waals surface area contributed by atoms with E-state index in [0.717, 1.165) is 62.4 Å². The SMILES string of the molecule is Cc1n[nH]c(-c2ccc3[nH]nc(-c4ccc5cc(OCCN6C(C)CCCC6C)ccc5c4)c3c2)n1. The van der Waals surface area contributed by atoms with Crippen LogP contribution in [0.3, 0.4) is 0 Å². The van der Waals surface area contributed by atoms with Crippen molar-refractivity contribution in [3.05, 3.63) is 60.4 Å². The highest BCUT2D eigenvalue weighted by Gasteiger charge is 2.24. The molecule has 0 bridgehead atoms. The van der Waals surface area contributed by atoms with Crippen molar-refractivity contribution >= 4 is 21.7 Å². The van der Waals surface area contributed by atoms with Gasteiger partial charge in [-0.3, -0.25) is 15.1 Å². The molecule has 0 radical (unpaired) electrons. The predicted octanol–water partition coefficient (Wildman–Crippen LogP) is 6.12. The molecule has 0 spiro atoms. The van der Waals surface area contributed by atoms with Crippen LogP contribution in [0.15, 0.2) is 54.6 Å².